The van der Waals surface area contributed by atoms with E-state index in [0.717, 1.165) is 23.5 Å². The first kappa shape index (κ1) is 14.0. The lowest BCUT2D eigenvalue weighted by Crippen LogP contribution is -2.24. The standard InChI is InChI=1S/C17H19N3S/c1-20(14-6-4-5-12(9-14)17(18)19)10-13-11-21-16-8-3-2-7-15(13)16/h2-9,13H,10-11H2,1H3,(H3,18,19). The van der Waals surface area contributed by atoms with E-state index in [1.807, 2.05) is 30.0 Å². The van der Waals surface area contributed by atoms with E-state index in [1.54, 1.807) is 0 Å². The van der Waals surface area contributed by atoms with Crippen molar-refractivity contribution in [2.45, 2.75) is 10.8 Å². The number of hydrogen-bond donors (Lipinski definition) is 2. The quantitative estimate of drug-likeness (QED) is 0.672. The highest BCUT2D eigenvalue weighted by Gasteiger charge is 2.23. The van der Waals surface area contributed by atoms with Crippen LogP contribution in [-0.2, 0) is 0 Å². The van der Waals surface area contributed by atoms with Gasteiger partial charge in [-0.3, -0.25) is 5.41 Å². The number of hydrogen-bond acceptors (Lipinski definition) is 3. The van der Waals surface area contributed by atoms with E-state index in [-0.39, 0.29) is 5.84 Å². The maximum atomic E-state index is 7.55. The predicted molar refractivity (Wildman–Crippen MR) is 90.6 cm³/mol. The van der Waals surface area contributed by atoms with Gasteiger partial charge in [0.25, 0.3) is 0 Å². The van der Waals surface area contributed by atoms with Crippen LogP contribution in [0.2, 0.25) is 0 Å². The third-order valence-corrected chi connectivity index (χ3v) is 5.14. The van der Waals surface area contributed by atoms with Gasteiger partial charge in [0.15, 0.2) is 0 Å². The number of amidine groups is 1. The van der Waals surface area contributed by atoms with E-state index in [0.29, 0.717) is 5.92 Å². The second-order valence-corrected chi connectivity index (χ2v) is 6.45. The molecule has 1 atom stereocenters. The molecule has 3 N–H and O–H groups in total. The molecular formula is C17H19N3S. The van der Waals surface area contributed by atoms with E-state index in [4.69, 9.17) is 11.1 Å². The van der Waals surface area contributed by atoms with Gasteiger partial charge in [-0.2, -0.15) is 0 Å². The highest BCUT2D eigenvalue weighted by molar-refractivity contribution is 7.99. The molecule has 4 heteroatoms. The largest absolute Gasteiger partial charge is 0.384 e. The smallest absolute Gasteiger partial charge is 0.122 e. The second kappa shape index (κ2) is 5.82. The third-order valence-electron chi connectivity index (χ3n) is 3.89. The van der Waals surface area contributed by atoms with E-state index in [9.17, 15) is 0 Å². The number of nitrogens with two attached hydrogens (primary N) is 1. The molecule has 0 saturated heterocycles. The predicted octanol–water partition coefficient (Wildman–Crippen LogP) is 3.30. The van der Waals surface area contributed by atoms with Gasteiger partial charge in [-0.25, -0.2) is 0 Å². The maximum absolute atomic E-state index is 7.55. The van der Waals surface area contributed by atoms with Crippen molar-refractivity contribution >= 4 is 23.3 Å². The zero-order chi connectivity index (χ0) is 14.8. The first-order chi connectivity index (χ1) is 10.1. The van der Waals surface area contributed by atoms with Crippen LogP contribution < -0.4 is 10.6 Å². The molecule has 2 aromatic carbocycles. The first-order valence-corrected chi connectivity index (χ1v) is 8.01. The molecule has 0 radical (unpaired) electrons. The van der Waals surface area contributed by atoms with Crippen LogP contribution in [0.4, 0.5) is 5.69 Å². The Morgan fingerprint density at radius 3 is 2.90 bits per heavy atom. The molecule has 3 rings (SSSR count). The molecule has 0 bridgehead atoms. The summed E-state index contributed by atoms with van der Waals surface area (Å²) in [5.74, 6) is 1.81. The molecule has 0 spiro atoms. The van der Waals surface area contributed by atoms with Crippen molar-refractivity contribution in [2.24, 2.45) is 5.73 Å². The number of fused-ring (bicyclic) bond motifs is 1. The first-order valence-electron chi connectivity index (χ1n) is 7.02. The van der Waals surface area contributed by atoms with E-state index in [2.05, 4.69) is 42.3 Å². The van der Waals surface area contributed by atoms with Gasteiger partial charge in [0.1, 0.15) is 5.84 Å². The van der Waals surface area contributed by atoms with Crippen LogP contribution in [0.25, 0.3) is 0 Å². The average Bonchev–Trinajstić information content (AvgIpc) is 2.91. The number of nitrogens with one attached hydrogen (secondary N) is 1. The molecule has 1 unspecified atom stereocenters. The summed E-state index contributed by atoms with van der Waals surface area (Å²) in [7, 11) is 2.10. The molecule has 0 aliphatic carbocycles. The Morgan fingerprint density at radius 1 is 1.29 bits per heavy atom. The molecule has 0 amide bonds. The molecule has 3 nitrogen and oxygen atoms in total. The summed E-state index contributed by atoms with van der Waals surface area (Å²) >= 11 is 1.94. The van der Waals surface area contributed by atoms with Crippen LogP contribution in [0.1, 0.15) is 17.0 Å². The fraction of sp³-hybridized carbons (Fsp3) is 0.235. The Labute approximate surface area is 129 Å². The van der Waals surface area contributed by atoms with Crippen LogP contribution in [-0.4, -0.2) is 25.2 Å². The van der Waals surface area contributed by atoms with E-state index >= 15 is 0 Å². The normalized spacial score (nSPS) is 16.5. The fourth-order valence-electron chi connectivity index (χ4n) is 2.73. The van der Waals surface area contributed by atoms with Crippen LogP contribution in [0, 0.1) is 5.41 Å². The summed E-state index contributed by atoms with van der Waals surface area (Å²) in [6.45, 7) is 0.978. The van der Waals surface area contributed by atoms with Crippen molar-refractivity contribution in [3.05, 3.63) is 59.7 Å². The number of nitrogen functional groups attached to an aromatic ring is 1. The van der Waals surface area contributed by atoms with Gasteiger partial charge in [-0.05, 0) is 23.8 Å². The fourth-order valence-corrected chi connectivity index (χ4v) is 3.97. The van der Waals surface area contributed by atoms with Gasteiger partial charge in [0, 0.05) is 41.4 Å². The van der Waals surface area contributed by atoms with Gasteiger partial charge < -0.3 is 10.6 Å². The number of anilines is 1. The Hall–Kier alpha value is -1.94. The number of likely N-dealkylation sites (N-methyl/N-ethyl adjacent to an activating group) is 1. The van der Waals surface area contributed by atoms with Crippen LogP contribution in [0.5, 0.6) is 0 Å². The molecule has 21 heavy (non-hydrogen) atoms. The van der Waals surface area contributed by atoms with Crippen molar-refractivity contribution < 1.29 is 0 Å². The van der Waals surface area contributed by atoms with Crippen molar-refractivity contribution in [1.82, 2.24) is 0 Å². The number of nitrogens with zero attached hydrogens (tertiary/aromatic N) is 1. The summed E-state index contributed by atoms with van der Waals surface area (Å²) in [5, 5.41) is 7.55. The molecular weight excluding hydrogens is 278 g/mol. The minimum absolute atomic E-state index is 0.118. The molecule has 0 fully saturated rings. The van der Waals surface area contributed by atoms with Crippen molar-refractivity contribution in [3.8, 4) is 0 Å². The van der Waals surface area contributed by atoms with E-state index in [1.165, 1.54) is 10.5 Å². The minimum atomic E-state index is 0.118. The van der Waals surface area contributed by atoms with Gasteiger partial charge in [-0.1, -0.05) is 30.3 Å². The zero-order valence-electron chi connectivity index (χ0n) is 12.0. The van der Waals surface area contributed by atoms with Crippen molar-refractivity contribution in [1.29, 1.82) is 5.41 Å². The lowest BCUT2D eigenvalue weighted by Gasteiger charge is -2.24. The molecule has 108 valence electrons. The number of rotatable bonds is 4. The Kier molecular flexibility index (Phi) is 3.88. The van der Waals surface area contributed by atoms with Crippen LogP contribution in [0.3, 0.4) is 0 Å². The highest BCUT2D eigenvalue weighted by atomic mass is 32.2. The highest BCUT2D eigenvalue weighted by Crippen LogP contribution is 2.39. The van der Waals surface area contributed by atoms with Gasteiger partial charge in [0.2, 0.25) is 0 Å². The molecule has 0 aromatic heterocycles. The molecule has 1 aliphatic rings. The lowest BCUT2D eigenvalue weighted by molar-refractivity contribution is 0.745. The second-order valence-electron chi connectivity index (χ2n) is 5.39. The zero-order valence-corrected chi connectivity index (χ0v) is 12.9. The summed E-state index contributed by atoms with van der Waals surface area (Å²) in [5.41, 5.74) is 8.91. The summed E-state index contributed by atoms with van der Waals surface area (Å²) in [6, 6.07) is 16.6. The van der Waals surface area contributed by atoms with E-state index < -0.39 is 0 Å². The average molecular weight is 297 g/mol. The summed E-state index contributed by atoms with van der Waals surface area (Å²) in [4.78, 5) is 3.66. The van der Waals surface area contributed by atoms with Gasteiger partial charge in [0.05, 0.1) is 0 Å². The molecule has 2 aromatic rings. The minimum Gasteiger partial charge on any atom is -0.384 e. The maximum Gasteiger partial charge on any atom is 0.122 e. The van der Waals surface area contributed by atoms with Crippen LogP contribution in [0.15, 0.2) is 53.4 Å². The van der Waals surface area contributed by atoms with Gasteiger partial charge >= 0.3 is 0 Å². The third kappa shape index (κ3) is 2.90. The number of benzene rings is 2. The van der Waals surface area contributed by atoms with Crippen molar-refractivity contribution in [2.75, 3.05) is 24.2 Å². The Bertz CT molecular complexity index is 669. The lowest BCUT2D eigenvalue weighted by atomic mass is 10.0. The molecule has 1 heterocycles. The monoisotopic (exact) mass is 297 g/mol. The Balaban J connectivity index is 1.77. The SMILES string of the molecule is CN(CC1CSc2ccccc21)c1cccc(C(=N)N)c1. The summed E-state index contributed by atoms with van der Waals surface area (Å²) in [6.07, 6.45) is 0. The molecule has 0 saturated carbocycles. The topological polar surface area (TPSA) is 53.1 Å². The number of thioether (sulfide) groups is 1. The summed E-state index contributed by atoms with van der Waals surface area (Å²) < 4.78 is 0. The van der Waals surface area contributed by atoms with Gasteiger partial charge in [-0.15, -0.1) is 11.8 Å². The van der Waals surface area contributed by atoms with Crippen LogP contribution >= 0.6 is 11.8 Å². The molecule has 1 aliphatic heterocycles. The van der Waals surface area contributed by atoms with Crippen molar-refractivity contribution in [3.63, 3.8) is 0 Å². The Morgan fingerprint density at radius 2 is 2.10 bits per heavy atom.